The van der Waals surface area contributed by atoms with E-state index in [9.17, 15) is 4.79 Å². The third-order valence-electron chi connectivity index (χ3n) is 4.65. The molecule has 1 N–H and O–H groups in total. The van der Waals surface area contributed by atoms with Gasteiger partial charge in [0.1, 0.15) is 0 Å². The molecular weight excluding hydrogens is 248 g/mol. The molecule has 1 aromatic rings. The molecule has 0 heterocycles. The van der Waals surface area contributed by atoms with Crippen molar-refractivity contribution in [2.24, 2.45) is 17.8 Å². The highest BCUT2D eigenvalue weighted by Gasteiger charge is 2.25. The number of rotatable bonds is 8. The molecule has 0 amide bonds. The molecule has 0 aliphatic carbocycles. The Morgan fingerprint density at radius 3 is 2.15 bits per heavy atom. The van der Waals surface area contributed by atoms with Gasteiger partial charge in [0, 0.05) is 6.42 Å². The highest BCUT2D eigenvalue weighted by molar-refractivity contribution is 5.67. The van der Waals surface area contributed by atoms with Gasteiger partial charge in [0.25, 0.3) is 0 Å². The van der Waals surface area contributed by atoms with Gasteiger partial charge in [-0.15, -0.1) is 0 Å². The van der Waals surface area contributed by atoms with Crippen molar-refractivity contribution in [3.05, 3.63) is 35.9 Å². The normalized spacial score (nSPS) is 17.2. The van der Waals surface area contributed by atoms with Gasteiger partial charge in [-0.1, -0.05) is 64.4 Å². The average Bonchev–Trinajstić information content (AvgIpc) is 2.43. The zero-order valence-corrected chi connectivity index (χ0v) is 13.2. The largest absolute Gasteiger partial charge is 0.481 e. The molecule has 0 spiro atoms. The Labute approximate surface area is 123 Å². The maximum absolute atomic E-state index is 11.0. The highest BCUT2D eigenvalue weighted by Crippen LogP contribution is 2.35. The summed E-state index contributed by atoms with van der Waals surface area (Å²) in [6.07, 6.45) is 2.48. The standard InChI is InChI=1S/C18H28O2/c1-5-13(2)14(3)11-17(15(4)12-18(19)20)16-9-7-6-8-10-16/h6-10,13-15,17H,5,11-12H2,1-4H3,(H,19,20). The summed E-state index contributed by atoms with van der Waals surface area (Å²) in [5.74, 6) is 1.09. The van der Waals surface area contributed by atoms with Gasteiger partial charge in [-0.05, 0) is 35.7 Å². The molecule has 4 atom stereocenters. The minimum Gasteiger partial charge on any atom is -0.481 e. The lowest BCUT2D eigenvalue weighted by Crippen LogP contribution is -2.19. The predicted molar refractivity (Wildman–Crippen MR) is 83.8 cm³/mol. The van der Waals surface area contributed by atoms with Crippen molar-refractivity contribution in [1.82, 2.24) is 0 Å². The molecule has 1 aromatic carbocycles. The predicted octanol–water partition coefficient (Wildman–Crippen LogP) is 4.95. The van der Waals surface area contributed by atoms with E-state index < -0.39 is 5.97 Å². The van der Waals surface area contributed by atoms with Crippen molar-refractivity contribution in [2.75, 3.05) is 0 Å². The summed E-state index contributed by atoms with van der Waals surface area (Å²) in [4.78, 5) is 11.0. The Balaban J connectivity index is 2.87. The number of aliphatic carboxylic acids is 1. The third kappa shape index (κ3) is 4.99. The van der Waals surface area contributed by atoms with Crippen molar-refractivity contribution in [3.8, 4) is 0 Å². The molecule has 0 radical (unpaired) electrons. The smallest absolute Gasteiger partial charge is 0.303 e. The van der Waals surface area contributed by atoms with E-state index in [0.717, 1.165) is 6.42 Å². The number of hydrogen-bond acceptors (Lipinski definition) is 1. The van der Waals surface area contributed by atoms with Crippen molar-refractivity contribution >= 4 is 5.97 Å². The first kappa shape index (κ1) is 16.7. The minimum absolute atomic E-state index is 0.168. The first-order chi connectivity index (χ1) is 9.45. The van der Waals surface area contributed by atoms with Crippen LogP contribution in [0.5, 0.6) is 0 Å². The van der Waals surface area contributed by atoms with E-state index in [4.69, 9.17) is 5.11 Å². The van der Waals surface area contributed by atoms with Crippen LogP contribution in [-0.4, -0.2) is 11.1 Å². The van der Waals surface area contributed by atoms with Crippen molar-refractivity contribution in [1.29, 1.82) is 0 Å². The van der Waals surface area contributed by atoms with Crippen LogP contribution in [0.2, 0.25) is 0 Å². The Kier molecular flexibility index (Phi) is 6.77. The van der Waals surface area contributed by atoms with E-state index in [1.807, 2.05) is 18.2 Å². The molecule has 0 aliphatic rings. The molecule has 0 saturated carbocycles. The molecule has 4 unspecified atom stereocenters. The maximum atomic E-state index is 11.0. The van der Waals surface area contributed by atoms with Gasteiger partial charge in [0.15, 0.2) is 0 Å². The summed E-state index contributed by atoms with van der Waals surface area (Å²) in [5.41, 5.74) is 1.27. The summed E-state index contributed by atoms with van der Waals surface area (Å²) >= 11 is 0. The quantitative estimate of drug-likeness (QED) is 0.729. The van der Waals surface area contributed by atoms with Gasteiger partial charge in [-0.2, -0.15) is 0 Å². The van der Waals surface area contributed by atoms with Gasteiger partial charge >= 0.3 is 5.97 Å². The van der Waals surface area contributed by atoms with Gasteiger partial charge < -0.3 is 5.11 Å². The highest BCUT2D eigenvalue weighted by atomic mass is 16.4. The molecule has 0 fully saturated rings. The second kappa shape index (κ2) is 8.08. The van der Waals surface area contributed by atoms with E-state index in [1.54, 1.807) is 0 Å². The molecule has 20 heavy (non-hydrogen) atoms. The Morgan fingerprint density at radius 1 is 1.05 bits per heavy atom. The van der Waals surface area contributed by atoms with Crippen LogP contribution in [0, 0.1) is 17.8 Å². The van der Waals surface area contributed by atoms with Gasteiger partial charge in [0.05, 0.1) is 0 Å². The fourth-order valence-electron chi connectivity index (χ4n) is 2.85. The zero-order chi connectivity index (χ0) is 15.1. The summed E-state index contributed by atoms with van der Waals surface area (Å²) in [5, 5.41) is 9.07. The lowest BCUT2D eigenvalue weighted by atomic mass is 9.76. The summed E-state index contributed by atoms with van der Waals surface area (Å²) in [6, 6.07) is 10.4. The van der Waals surface area contributed by atoms with Gasteiger partial charge in [-0.25, -0.2) is 0 Å². The Bertz CT molecular complexity index is 399. The molecule has 0 bridgehead atoms. The monoisotopic (exact) mass is 276 g/mol. The van der Waals surface area contributed by atoms with Crippen LogP contribution in [0.4, 0.5) is 0 Å². The number of hydrogen-bond donors (Lipinski definition) is 1. The second-order valence-corrected chi connectivity index (χ2v) is 6.19. The topological polar surface area (TPSA) is 37.3 Å². The van der Waals surface area contributed by atoms with E-state index in [1.165, 1.54) is 12.0 Å². The van der Waals surface area contributed by atoms with E-state index in [2.05, 4.69) is 39.8 Å². The lowest BCUT2D eigenvalue weighted by Gasteiger charge is -2.29. The van der Waals surface area contributed by atoms with Crippen LogP contribution in [0.3, 0.4) is 0 Å². The summed E-state index contributed by atoms with van der Waals surface area (Å²) < 4.78 is 0. The van der Waals surface area contributed by atoms with Crippen LogP contribution in [0.1, 0.15) is 58.4 Å². The van der Waals surface area contributed by atoms with Crippen molar-refractivity contribution in [2.45, 2.75) is 52.9 Å². The molecule has 112 valence electrons. The van der Waals surface area contributed by atoms with E-state index in [0.29, 0.717) is 17.8 Å². The molecule has 0 aliphatic heterocycles. The molecule has 2 heteroatoms. The molecule has 0 saturated heterocycles. The zero-order valence-electron chi connectivity index (χ0n) is 13.2. The number of benzene rings is 1. The summed E-state index contributed by atoms with van der Waals surface area (Å²) in [7, 11) is 0. The number of carbonyl (C=O) groups is 1. The molecule has 2 nitrogen and oxygen atoms in total. The van der Waals surface area contributed by atoms with Gasteiger partial charge in [0.2, 0.25) is 0 Å². The van der Waals surface area contributed by atoms with Crippen LogP contribution >= 0.6 is 0 Å². The Morgan fingerprint density at radius 2 is 1.65 bits per heavy atom. The Hall–Kier alpha value is -1.31. The molecule has 0 aromatic heterocycles. The average molecular weight is 276 g/mol. The van der Waals surface area contributed by atoms with Crippen LogP contribution < -0.4 is 0 Å². The minimum atomic E-state index is -0.699. The first-order valence-corrected chi connectivity index (χ1v) is 7.72. The first-order valence-electron chi connectivity index (χ1n) is 7.72. The molecular formula is C18H28O2. The van der Waals surface area contributed by atoms with Gasteiger partial charge in [-0.3, -0.25) is 4.79 Å². The van der Waals surface area contributed by atoms with E-state index >= 15 is 0 Å². The fraction of sp³-hybridized carbons (Fsp3) is 0.611. The number of carboxylic acid groups (broad SMARTS) is 1. The third-order valence-corrected chi connectivity index (χ3v) is 4.65. The summed E-state index contributed by atoms with van der Waals surface area (Å²) in [6.45, 7) is 8.86. The number of carboxylic acids is 1. The SMILES string of the molecule is CCC(C)C(C)CC(c1ccccc1)C(C)CC(=O)O. The second-order valence-electron chi connectivity index (χ2n) is 6.19. The van der Waals surface area contributed by atoms with Crippen molar-refractivity contribution in [3.63, 3.8) is 0 Å². The van der Waals surface area contributed by atoms with Crippen LogP contribution in [-0.2, 0) is 4.79 Å². The lowest BCUT2D eigenvalue weighted by molar-refractivity contribution is -0.138. The van der Waals surface area contributed by atoms with Crippen LogP contribution in [0.15, 0.2) is 30.3 Å². The molecule has 1 rings (SSSR count). The van der Waals surface area contributed by atoms with Crippen LogP contribution in [0.25, 0.3) is 0 Å². The van der Waals surface area contributed by atoms with Crippen molar-refractivity contribution < 1.29 is 9.90 Å². The fourth-order valence-corrected chi connectivity index (χ4v) is 2.85. The maximum Gasteiger partial charge on any atom is 0.303 e. The van der Waals surface area contributed by atoms with E-state index in [-0.39, 0.29) is 12.3 Å².